The first kappa shape index (κ1) is 35.8. The Morgan fingerprint density at radius 1 is 1.15 bits per heavy atom. The molecular formula is C30H32ClF2N3O10S. The van der Waals surface area contributed by atoms with Crippen LogP contribution < -0.4 is 10.5 Å². The Labute approximate surface area is 273 Å². The van der Waals surface area contributed by atoms with Crippen molar-refractivity contribution in [3.05, 3.63) is 94.4 Å². The maximum Gasteiger partial charge on any atom is 0.412 e. The molecule has 47 heavy (non-hydrogen) atoms. The largest absolute Gasteiger partial charge is 0.467 e. The summed E-state index contributed by atoms with van der Waals surface area (Å²) in [6.45, 7) is 2.34. The summed E-state index contributed by atoms with van der Waals surface area (Å²) in [6.07, 6.45) is 3.53. The van der Waals surface area contributed by atoms with Crippen molar-refractivity contribution in [1.82, 2.24) is 4.90 Å². The molecule has 2 aromatic carbocycles. The zero-order valence-electron chi connectivity index (χ0n) is 25.2. The van der Waals surface area contributed by atoms with Crippen molar-refractivity contribution in [3.63, 3.8) is 0 Å². The van der Waals surface area contributed by atoms with E-state index in [2.05, 4.69) is 5.32 Å². The molecule has 0 spiro atoms. The van der Waals surface area contributed by atoms with E-state index in [9.17, 15) is 31.9 Å². The maximum absolute atomic E-state index is 13.8. The Hall–Kier alpha value is -4.06. The van der Waals surface area contributed by atoms with Gasteiger partial charge in [0.25, 0.3) is 0 Å². The van der Waals surface area contributed by atoms with Crippen LogP contribution in [0.25, 0.3) is 0 Å². The van der Waals surface area contributed by atoms with Crippen LogP contribution in [0.4, 0.5) is 19.3 Å². The van der Waals surface area contributed by atoms with Crippen molar-refractivity contribution < 1.29 is 55.3 Å². The number of halogens is 3. The fraction of sp³-hybridized carbons (Fsp3) is 0.333. The predicted octanol–water partition coefficient (Wildman–Crippen LogP) is 4.25. The molecule has 13 nitrogen and oxygen atoms in total. The van der Waals surface area contributed by atoms with Crippen LogP contribution in [-0.2, 0) is 41.3 Å². The van der Waals surface area contributed by atoms with Gasteiger partial charge in [0.2, 0.25) is 15.8 Å². The summed E-state index contributed by atoms with van der Waals surface area (Å²) < 4.78 is 77.9. The van der Waals surface area contributed by atoms with E-state index in [1.807, 2.05) is 0 Å². The zero-order valence-corrected chi connectivity index (χ0v) is 26.7. The van der Waals surface area contributed by atoms with E-state index in [1.165, 1.54) is 36.3 Å². The van der Waals surface area contributed by atoms with E-state index in [1.54, 1.807) is 19.1 Å². The molecule has 3 aromatic rings. The van der Waals surface area contributed by atoms with Crippen LogP contribution in [0.1, 0.15) is 35.5 Å². The molecule has 0 radical (unpaired) electrons. The number of anilines is 1. The lowest BCUT2D eigenvalue weighted by Gasteiger charge is -2.47. The van der Waals surface area contributed by atoms with E-state index >= 15 is 0 Å². The number of carbonyl (C=O) groups excluding carboxylic acids is 2. The SMILES string of the molecule is C[C@@H]1CO[C@@](O)(c2cc(F)cc(F)c2)[C@H](C)N1C(=O)OCOC/C=C/COC(=O)c1cc(S(N)(=O)=O)c(Cl)cc1NCc1ccco1. The third-order valence-corrected chi connectivity index (χ3v) is 8.45. The van der Waals surface area contributed by atoms with Gasteiger partial charge in [-0.05, 0) is 56.3 Å². The highest BCUT2D eigenvalue weighted by Crippen LogP contribution is 2.36. The van der Waals surface area contributed by atoms with Crippen LogP contribution in [0.2, 0.25) is 5.02 Å². The number of carbonyl (C=O) groups is 2. The van der Waals surface area contributed by atoms with Crippen LogP contribution >= 0.6 is 11.6 Å². The molecule has 254 valence electrons. The topological polar surface area (TPSA) is 180 Å². The van der Waals surface area contributed by atoms with Crippen LogP contribution in [-0.4, -0.2) is 69.2 Å². The number of nitrogens with one attached hydrogen (secondary N) is 1. The number of aliphatic hydroxyl groups is 1. The summed E-state index contributed by atoms with van der Waals surface area (Å²) in [6, 6.07) is 6.48. The summed E-state index contributed by atoms with van der Waals surface area (Å²) in [5, 5.41) is 19.1. The Kier molecular flexibility index (Phi) is 11.6. The average molecular weight is 700 g/mol. The molecule has 17 heteroatoms. The van der Waals surface area contributed by atoms with Gasteiger partial charge >= 0.3 is 12.1 Å². The number of hydrogen-bond acceptors (Lipinski definition) is 11. The van der Waals surface area contributed by atoms with E-state index in [0.29, 0.717) is 11.8 Å². The monoisotopic (exact) mass is 699 g/mol. The van der Waals surface area contributed by atoms with Crippen molar-refractivity contribution in [2.24, 2.45) is 5.14 Å². The fourth-order valence-corrected chi connectivity index (χ4v) is 5.84. The van der Waals surface area contributed by atoms with Gasteiger partial charge in [-0.25, -0.2) is 31.9 Å². The second-order valence-electron chi connectivity index (χ2n) is 10.4. The van der Waals surface area contributed by atoms with E-state index in [0.717, 1.165) is 18.2 Å². The number of esters is 1. The van der Waals surface area contributed by atoms with Gasteiger partial charge < -0.3 is 33.8 Å². The minimum atomic E-state index is -4.25. The normalized spacial score (nSPS) is 19.9. The molecule has 1 aliphatic heterocycles. The molecule has 0 bridgehead atoms. The number of ether oxygens (including phenoxy) is 4. The quantitative estimate of drug-likeness (QED) is 0.106. The summed E-state index contributed by atoms with van der Waals surface area (Å²) in [4.78, 5) is 26.4. The molecule has 0 aliphatic carbocycles. The second kappa shape index (κ2) is 15.2. The van der Waals surface area contributed by atoms with Crippen molar-refractivity contribution in [3.8, 4) is 0 Å². The number of nitrogens with zero attached hydrogens (tertiary/aromatic N) is 1. The van der Waals surface area contributed by atoms with E-state index in [4.69, 9.17) is 40.1 Å². The van der Waals surface area contributed by atoms with Gasteiger partial charge in [0.05, 0.1) is 54.4 Å². The lowest BCUT2D eigenvalue weighted by molar-refractivity contribution is -0.280. The third kappa shape index (κ3) is 8.85. The zero-order chi connectivity index (χ0) is 34.4. The molecule has 1 saturated heterocycles. The van der Waals surface area contributed by atoms with Gasteiger partial charge in [-0.1, -0.05) is 17.7 Å². The van der Waals surface area contributed by atoms with Gasteiger partial charge in [-0.15, -0.1) is 0 Å². The number of sulfonamides is 1. The second-order valence-corrected chi connectivity index (χ2v) is 12.3. The Morgan fingerprint density at radius 3 is 2.51 bits per heavy atom. The smallest absolute Gasteiger partial charge is 0.412 e. The summed E-state index contributed by atoms with van der Waals surface area (Å²) >= 11 is 6.09. The van der Waals surface area contributed by atoms with Gasteiger partial charge in [0.15, 0.2) is 6.79 Å². The lowest BCUT2D eigenvalue weighted by Crippen LogP contribution is -2.62. The molecule has 0 unspecified atom stereocenters. The fourth-order valence-electron chi connectivity index (χ4n) is 4.74. The molecule has 0 saturated carbocycles. The molecule has 3 atom stereocenters. The minimum Gasteiger partial charge on any atom is -0.467 e. The first-order valence-electron chi connectivity index (χ1n) is 14.0. The van der Waals surface area contributed by atoms with Crippen LogP contribution in [0.3, 0.4) is 0 Å². The molecule has 4 rings (SSSR count). The first-order chi connectivity index (χ1) is 22.2. The number of benzene rings is 2. The molecule has 1 fully saturated rings. The number of rotatable bonds is 12. The van der Waals surface area contributed by atoms with E-state index in [-0.39, 0.29) is 48.2 Å². The van der Waals surface area contributed by atoms with E-state index < -0.39 is 63.3 Å². The molecule has 1 aliphatic rings. The van der Waals surface area contributed by atoms with Crippen molar-refractivity contribution in [2.45, 2.75) is 43.2 Å². The van der Waals surface area contributed by atoms with Crippen molar-refractivity contribution in [1.29, 1.82) is 0 Å². The summed E-state index contributed by atoms with van der Waals surface area (Å²) in [5.74, 6) is -4.37. The van der Waals surface area contributed by atoms with Gasteiger partial charge in [-0.3, -0.25) is 4.90 Å². The minimum absolute atomic E-state index is 0.0575. The maximum atomic E-state index is 13.8. The molecule has 1 amide bonds. The van der Waals surface area contributed by atoms with Crippen LogP contribution in [0.15, 0.2) is 70.2 Å². The molecule has 4 N–H and O–H groups in total. The number of amides is 1. The highest BCUT2D eigenvalue weighted by atomic mass is 35.5. The number of morpholine rings is 1. The Bertz CT molecular complexity index is 1700. The third-order valence-electron chi connectivity index (χ3n) is 7.08. The molecule has 1 aromatic heterocycles. The standard InChI is InChI=1S/C30H32ClF2N3O10S/c1-18-16-46-30(39,20-10-21(32)12-22(33)11-20)19(2)36(18)29(38)45-17-42-7-3-4-8-44-28(37)24-13-27(47(34,40)41)25(31)14-26(24)35-15-23-6-5-9-43-23/h3-6,9-14,18-19,35,39H,7-8,15-17H2,1-2H3,(H2,34,40,41)/b4-3+/t18-,19+,30-/m1/s1. The predicted molar refractivity (Wildman–Crippen MR) is 163 cm³/mol. The summed E-state index contributed by atoms with van der Waals surface area (Å²) in [7, 11) is -4.25. The number of hydrogen-bond donors (Lipinski definition) is 3. The highest BCUT2D eigenvalue weighted by molar-refractivity contribution is 7.89. The summed E-state index contributed by atoms with van der Waals surface area (Å²) in [5.41, 5.74) is -0.150. The Balaban J connectivity index is 1.28. The first-order valence-corrected chi connectivity index (χ1v) is 15.9. The van der Waals surface area contributed by atoms with Gasteiger partial charge in [0.1, 0.15) is 28.9 Å². The Morgan fingerprint density at radius 2 is 1.85 bits per heavy atom. The number of furan rings is 1. The van der Waals surface area contributed by atoms with Crippen LogP contribution in [0.5, 0.6) is 0 Å². The van der Waals surface area contributed by atoms with Crippen molar-refractivity contribution in [2.75, 3.05) is 31.9 Å². The highest BCUT2D eigenvalue weighted by Gasteiger charge is 2.49. The van der Waals surface area contributed by atoms with Gasteiger partial charge in [0, 0.05) is 11.6 Å². The average Bonchev–Trinajstić information content (AvgIpc) is 3.52. The van der Waals surface area contributed by atoms with Gasteiger partial charge in [-0.2, -0.15) is 0 Å². The van der Waals surface area contributed by atoms with Crippen molar-refractivity contribution >= 4 is 39.4 Å². The number of primary sulfonamides is 1. The molecular weight excluding hydrogens is 668 g/mol. The van der Waals surface area contributed by atoms with Crippen LogP contribution in [0, 0.1) is 11.6 Å². The molecule has 2 heterocycles. The number of nitrogens with two attached hydrogens (primary N) is 1. The lowest BCUT2D eigenvalue weighted by atomic mass is 9.94.